The van der Waals surface area contributed by atoms with Gasteiger partial charge in [0.25, 0.3) is 15.2 Å². The molecule has 0 aliphatic carbocycles. The van der Waals surface area contributed by atoms with Crippen LogP contribution in [0.15, 0.2) is 23.6 Å². The van der Waals surface area contributed by atoms with E-state index in [1.807, 2.05) is 0 Å². The molecule has 2 rings (SSSR count). The zero-order chi connectivity index (χ0) is 12.1. The van der Waals surface area contributed by atoms with Gasteiger partial charge in [-0.05, 0) is 37.9 Å². The van der Waals surface area contributed by atoms with Crippen molar-refractivity contribution in [2.45, 2.75) is 18.0 Å². The first kappa shape index (κ1) is 12.4. The Balaban J connectivity index is 1.94. The molecule has 1 aliphatic heterocycles. The Hall–Kier alpha value is -1.05. The molecule has 7 heteroatoms. The van der Waals surface area contributed by atoms with Gasteiger partial charge in [0.15, 0.2) is 0 Å². The van der Waals surface area contributed by atoms with Crippen LogP contribution in [-0.2, 0) is 10.0 Å². The quantitative estimate of drug-likeness (QED) is 0.726. The van der Waals surface area contributed by atoms with Crippen LogP contribution in [0.2, 0.25) is 0 Å². The average molecular weight is 256 g/mol. The summed E-state index contributed by atoms with van der Waals surface area (Å²) in [5.74, 6) is 0.349. The van der Waals surface area contributed by atoms with Crippen LogP contribution in [0.3, 0.4) is 0 Å². The maximum absolute atomic E-state index is 11.8. The van der Waals surface area contributed by atoms with Gasteiger partial charge in [-0.3, -0.25) is 0 Å². The molecular weight excluding hydrogens is 240 g/mol. The molecule has 0 bridgehead atoms. The van der Waals surface area contributed by atoms with E-state index in [-0.39, 0.29) is 5.16 Å². The zero-order valence-corrected chi connectivity index (χ0v) is 10.3. The van der Waals surface area contributed by atoms with Crippen LogP contribution in [0, 0.1) is 5.92 Å². The predicted octanol–water partition coefficient (Wildman–Crippen LogP) is -0.246. The number of nitrogens with zero attached hydrogens (tertiary/aromatic N) is 2. The summed E-state index contributed by atoms with van der Waals surface area (Å²) < 4.78 is 26.2. The molecule has 0 radical (unpaired) electrons. The SMILES string of the molecule is O=S(=O)(NC[C@H]1CCCNC1)c1ncccn1. The van der Waals surface area contributed by atoms with Crippen LogP contribution in [0.25, 0.3) is 0 Å². The molecule has 94 valence electrons. The van der Waals surface area contributed by atoms with E-state index in [4.69, 9.17) is 0 Å². The van der Waals surface area contributed by atoms with E-state index in [2.05, 4.69) is 20.0 Å². The van der Waals surface area contributed by atoms with Crippen LogP contribution >= 0.6 is 0 Å². The topological polar surface area (TPSA) is 84.0 Å². The highest BCUT2D eigenvalue weighted by Crippen LogP contribution is 2.09. The van der Waals surface area contributed by atoms with Crippen molar-refractivity contribution in [1.82, 2.24) is 20.0 Å². The van der Waals surface area contributed by atoms with Gasteiger partial charge >= 0.3 is 0 Å². The van der Waals surface area contributed by atoms with Crippen molar-refractivity contribution < 1.29 is 8.42 Å². The molecule has 1 atom stereocenters. The van der Waals surface area contributed by atoms with Gasteiger partial charge in [0.2, 0.25) is 0 Å². The summed E-state index contributed by atoms with van der Waals surface area (Å²) in [7, 11) is -3.56. The molecule has 1 aliphatic rings. The fourth-order valence-electron chi connectivity index (χ4n) is 1.81. The molecule has 2 heterocycles. The third-order valence-corrected chi connectivity index (χ3v) is 3.98. The molecule has 1 saturated heterocycles. The maximum atomic E-state index is 11.8. The predicted molar refractivity (Wildman–Crippen MR) is 62.8 cm³/mol. The van der Waals surface area contributed by atoms with E-state index in [1.54, 1.807) is 6.07 Å². The largest absolute Gasteiger partial charge is 0.316 e. The van der Waals surface area contributed by atoms with Gasteiger partial charge in [-0.2, -0.15) is 0 Å². The minimum absolute atomic E-state index is 0.163. The van der Waals surface area contributed by atoms with E-state index in [9.17, 15) is 8.42 Å². The lowest BCUT2D eigenvalue weighted by atomic mass is 10.0. The number of piperidine rings is 1. The molecule has 2 N–H and O–H groups in total. The molecule has 1 aromatic heterocycles. The monoisotopic (exact) mass is 256 g/mol. The van der Waals surface area contributed by atoms with Gasteiger partial charge in [0, 0.05) is 18.9 Å². The minimum atomic E-state index is -3.56. The summed E-state index contributed by atoms with van der Waals surface area (Å²) in [5, 5.41) is 3.08. The Morgan fingerprint density at radius 2 is 2.18 bits per heavy atom. The molecule has 1 aromatic rings. The Morgan fingerprint density at radius 1 is 1.41 bits per heavy atom. The normalized spacial score (nSPS) is 21.3. The molecule has 17 heavy (non-hydrogen) atoms. The first-order chi connectivity index (χ1) is 8.18. The van der Waals surface area contributed by atoms with Crippen LogP contribution < -0.4 is 10.0 Å². The molecule has 0 saturated carbocycles. The maximum Gasteiger partial charge on any atom is 0.276 e. The van der Waals surface area contributed by atoms with Crippen LogP contribution in [-0.4, -0.2) is 38.0 Å². The lowest BCUT2D eigenvalue weighted by molar-refractivity contribution is 0.375. The summed E-state index contributed by atoms with van der Waals surface area (Å²) in [6.45, 7) is 2.32. The van der Waals surface area contributed by atoms with Crippen LogP contribution in [0.1, 0.15) is 12.8 Å². The second-order valence-corrected chi connectivity index (χ2v) is 5.76. The molecule has 0 aromatic carbocycles. The third-order valence-electron chi connectivity index (χ3n) is 2.74. The molecule has 0 unspecified atom stereocenters. The van der Waals surface area contributed by atoms with E-state index in [0.717, 1.165) is 25.9 Å². The van der Waals surface area contributed by atoms with E-state index in [1.165, 1.54) is 12.4 Å². The number of sulfonamides is 1. The van der Waals surface area contributed by atoms with Crippen LogP contribution in [0.5, 0.6) is 0 Å². The summed E-state index contributed by atoms with van der Waals surface area (Å²) in [6, 6.07) is 1.59. The standard InChI is InChI=1S/C10H16N4O2S/c15-17(16,10-12-5-2-6-13-10)14-8-9-3-1-4-11-7-9/h2,5-6,9,11,14H,1,3-4,7-8H2/t9-/m0/s1. The molecule has 1 fully saturated rings. The van der Waals surface area contributed by atoms with Crippen molar-refractivity contribution in [2.24, 2.45) is 5.92 Å². The Morgan fingerprint density at radius 3 is 2.82 bits per heavy atom. The van der Waals surface area contributed by atoms with Crippen molar-refractivity contribution in [3.63, 3.8) is 0 Å². The Labute approximate surface area is 101 Å². The first-order valence-corrected chi connectivity index (χ1v) is 7.14. The number of rotatable bonds is 4. The van der Waals surface area contributed by atoms with Gasteiger partial charge in [-0.1, -0.05) is 0 Å². The highest BCUT2D eigenvalue weighted by Gasteiger charge is 2.20. The summed E-state index contributed by atoms with van der Waals surface area (Å²) >= 11 is 0. The van der Waals surface area contributed by atoms with E-state index >= 15 is 0 Å². The number of aromatic nitrogens is 2. The Kier molecular flexibility index (Phi) is 4.03. The molecule has 0 amide bonds. The lowest BCUT2D eigenvalue weighted by Gasteiger charge is -2.22. The number of hydrogen-bond acceptors (Lipinski definition) is 5. The van der Waals surface area contributed by atoms with E-state index < -0.39 is 10.0 Å². The lowest BCUT2D eigenvalue weighted by Crippen LogP contribution is -2.38. The van der Waals surface area contributed by atoms with Crippen LogP contribution in [0.4, 0.5) is 0 Å². The summed E-state index contributed by atoms with van der Waals surface area (Å²) in [6.07, 6.45) is 4.98. The van der Waals surface area contributed by atoms with Gasteiger partial charge in [0.05, 0.1) is 0 Å². The molecular formula is C10H16N4O2S. The second-order valence-electron chi connectivity index (χ2n) is 4.10. The van der Waals surface area contributed by atoms with Gasteiger partial charge in [-0.15, -0.1) is 0 Å². The number of nitrogens with one attached hydrogen (secondary N) is 2. The van der Waals surface area contributed by atoms with Crippen molar-refractivity contribution in [1.29, 1.82) is 0 Å². The van der Waals surface area contributed by atoms with E-state index in [0.29, 0.717) is 12.5 Å². The van der Waals surface area contributed by atoms with Gasteiger partial charge < -0.3 is 5.32 Å². The smallest absolute Gasteiger partial charge is 0.276 e. The van der Waals surface area contributed by atoms with Gasteiger partial charge in [-0.25, -0.2) is 23.1 Å². The minimum Gasteiger partial charge on any atom is -0.316 e. The fraction of sp³-hybridized carbons (Fsp3) is 0.600. The number of hydrogen-bond donors (Lipinski definition) is 2. The summed E-state index contributed by atoms with van der Waals surface area (Å²) in [4.78, 5) is 7.47. The zero-order valence-electron chi connectivity index (χ0n) is 9.46. The second kappa shape index (κ2) is 5.52. The highest BCUT2D eigenvalue weighted by molar-refractivity contribution is 7.89. The van der Waals surface area contributed by atoms with Crippen molar-refractivity contribution in [3.05, 3.63) is 18.5 Å². The van der Waals surface area contributed by atoms with Crippen molar-refractivity contribution in [2.75, 3.05) is 19.6 Å². The first-order valence-electron chi connectivity index (χ1n) is 5.66. The molecule has 6 nitrogen and oxygen atoms in total. The summed E-state index contributed by atoms with van der Waals surface area (Å²) in [5.41, 5.74) is 0. The molecule has 0 spiro atoms. The van der Waals surface area contributed by atoms with Crippen molar-refractivity contribution in [3.8, 4) is 0 Å². The Bertz CT molecular complexity index is 443. The van der Waals surface area contributed by atoms with Gasteiger partial charge in [0.1, 0.15) is 0 Å². The van der Waals surface area contributed by atoms with Crippen molar-refractivity contribution >= 4 is 10.0 Å². The highest BCUT2D eigenvalue weighted by atomic mass is 32.2. The average Bonchev–Trinajstić information content (AvgIpc) is 2.39. The third kappa shape index (κ3) is 3.45. The fourth-order valence-corrected chi connectivity index (χ4v) is 2.80.